The largest absolute Gasteiger partial charge is 0.327 e. The van der Waals surface area contributed by atoms with Crippen LogP contribution in [0.4, 0.5) is 0 Å². The molecule has 0 saturated heterocycles. The fourth-order valence-corrected chi connectivity index (χ4v) is 3.26. The molecule has 3 aromatic rings. The summed E-state index contributed by atoms with van der Waals surface area (Å²) in [7, 11) is 0. The van der Waals surface area contributed by atoms with E-state index in [1.54, 1.807) is 11.3 Å². The van der Waals surface area contributed by atoms with Crippen molar-refractivity contribution >= 4 is 45.6 Å². The lowest BCUT2D eigenvalue weighted by Crippen LogP contribution is -2.05. The molecule has 6 heteroatoms. The third-order valence-electron chi connectivity index (χ3n) is 3.17. The number of thiazole rings is 1. The quantitative estimate of drug-likeness (QED) is 0.664. The Morgan fingerprint density at radius 1 is 1.30 bits per heavy atom. The van der Waals surface area contributed by atoms with Gasteiger partial charge in [-0.2, -0.15) is 0 Å². The van der Waals surface area contributed by atoms with Crippen LogP contribution in [0.3, 0.4) is 0 Å². The zero-order valence-electron chi connectivity index (χ0n) is 10.9. The van der Waals surface area contributed by atoms with Gasteiger partial charge in [0, 0.05) is 23.4 Å². The highest BCUT2D eigenvalue weighted by Crippen LogP contribution is 2.22. The van der Waals surface area contributed by atoms with Crippen LogP contribution in [0.15, 0.2) is 23.6 Å². The van der Waals surface area contributed by atoms with E-state index >= 15 is 0 Å². The highest BCUT2D eigenvalue weighted by Gasteiger charge is 2.11. The van der Waals surface area contributed by atoms with Crippen LogP contribution in [-0.2, 0) is 18.8 Å². The second kappa shape index (κ2) is 5.72. The molecular weight excluding hydrogens is 313 g/mol. The standard InChI is InChI=1S/C14H13Cl2N3S/c1-9-17-11(8-20-9)4-5-19-13-6-10(16)2-3-12(13)18-14(19)7-15/h2-3,6,8H,4-5,7H2,1H3. The third kappa shape index (κ3) is 2.68. The van der Waals surface area contributed by atoms with Crippen LogP contribution in [-0.4, -0.2) is 14.5 Å². The first-order valence-corrected chi connectivity index (χ1v) is 8.08. The molecule has 0 atom stereocenters. The Hall–Kier alpha value is -1.10. The van der Waals surface area contributed by atoms with Crippen molar-refractivity contribution in [2.75, 3.05) is 0 Å². The minimum absolute atomic E-state index is 0.391. The number of hydrogen-bond donors (Lipinski definition) is 0. The number of benzene rings is 1. The molecule has 3 rings (SSSR count). The van der Waals surface area contributed by atoms with E-state index in [0.29, 0.717) is 10.9 Å². The zero-order chi connectivity index (χ0) is 14.1. The van der Waals surface area contributed by atoms with Gasteiger partial charge in [-0.15, -0.1) is 22.9 Å². The highest BCUT2D eigenvalue weighted by atomic mass is 35.5. The summed E-state index contributed by atoms with van der Waals surface area (Å²) in [5, 5.41) is 3.90. The molecule has 0 fully saturated rings. The van der Waals surface area contributed by atoms with Crippen LogP contribution >= 0.6 is 34.5 Å². The van der Waals surface area contributed by atoms with Gasteiger partial charge in [0.05, 0.1) is 27.6 Å². The molecule has 1 aromatic carbocycles. The molecule has 0 saturated carbocycles. The van der Waals surface area contributed by atoms with Crippen molar-refractivity contribution in [1.29, 1.82) is 0 Å². The predicted molar refractivity (Wildman–Crippen MR) is 84.9 cm³/mol. The first kappa shape index (κ1) is 13.9. The fourth-order valence-electron chi connectivity index (χ4n) is 2.25. The maximum Gasteiger partial charge on any atom is 0.124 e. The van der Waals surface area contributed by atoms with Crippen molar-refractivity contribution in [1.82, 2.24) is 14.5 Å². The number of nitrogens with zero attached hydrogens (tertiary/aromatic N) is 3. The number of fused-ring (bicyclic) bond motifs is 1. The molecule has 0 amide bonds. The molecule has 0 unspecified atom stereocenters. The lowest BCUT2D eigenvalue weighted by molar-refractivity contribution is 0.680. The van der Waals surface area contributed by atoms with E-state index in [0.717, 1.165) is 40.5 Å². The van der Waals surface area contributed by atoms with Crippen molar-refractivity contribution in [3.8, 4) is 0 Å². The minimum Gasteiger partial charge on any atom is -0.327 e. The molecule has 0 N–H and O–H groups in total. The van der Waals surface area contributed by atoms with Gasteiger partial charge in [-0.3, -0.25) is 0 Å². The predicted octanol–water partition coefficient (Wildman–Crippen LogP) is 4.44. The van der Waals surface area contributed by atoms with E-state index in [1.165, 1.54) is 0 Å². The summed E-state index contributed by atoms with van der Waals surface area (Å²) in [4.78, 5) is 9.03. The number of imidazole rings is 1. The molecule has 0 bridgehead atoms. The smallest absolute Gasteiger partial charge is 0.124 e. The molecule has 0 aliphatic carbocycles. The molecule has 0 radical (unpaired) electrons. The second-order valence-corrected chi connectivity index (χ2v) is 6.32. The number of aryl methyl sites for hydroxylation is 3. The van der Waals surface area contributed by atoms with Gasteiger partial charge in [0.15, 0.2) is 0 Å². The molecule has 0 spiro atoms. The fraction of sp³-hybridized carbons (Fsp3) is 0.286. The molecule has 2 heterocycles. The van der Waals surface area contributed by atoms with E-state index in [1.807, 2.05) is 25.1 Å². The molecule has 3 nitrogen and oxygen atoms in total. The summed E-state index contributed by atoms with van der Waals surface area (Å²) in [6.45, 7) is 2.83. The summed E-state index contributed by atoms with van der Waals surface area (Å²) in [6, 6.07) is 5.71. The van der Waals surface area contributed by atoms with Gasteiger partial charge in [-0.25, -0.2) is 9.97 Å². The summed E-state index contributed by atoms with van der Waals surface area (Å²) in [5.74, 6) is 1.26. The second-order valence-electron chi connectivity index (χ2n) is 4.55. The Balaban J connectivity index is 1.94. The Morgan fingerprint density at radius 3 is 2.85 bits per heavy atom. The molecular formula is C14H13Cl2N3S. The topological polar surface area (TPSA) is 30.7 Å². The average Bonchev–Trinajstić information content (AvgIpc) is 2.99. The first-order chi connectivity index (χ1) is 9.67. The van der Waals surface area contributed by atoms with E-state index in [9.17, 15) is 0 Å². The molecule has 20 heavy (non-hydrogen) atoms. The van der Waals surface area contributed by atoms with Crippen LogP contribution in [0.2, 0.25) is 5.02 Å². The Bertz CT molecular complexity index is 748. The maximum atomic E-state index is 6.08. The molecule has 104 valence electrons. The minimum atomic E-state index is 0.391. The van der Waals surface area contributed by atoms with E-state index in [4.69, 9.17) is 23.2 Å². The monoisotopic (exact) mass is 325 g/mol. The van der Waals surface area contributed by atoms with E-state index in [2.05, 4.69) is 19.9 Å². The normalized spacial score (nSPS) is 11.3. The molecule has 0 aliphatic rings. The number of rotatable bonds is 4. The number of halogens is 2. The highest BCUT2D eigenvalue weighted by molar-refractivity contribution is 7.09. The van der Waals surface area contributed by atoms with Gasteiger partial charge in [0.25, 0.3) is 0 Å². The van der Waals surface area contributed by atoms with Gasteiger partial charge >= 0.3 is 0 Å². The van der Waals surface area contributed by atoms with E-state index < -0.39 is 0 Å². The summed E-state index contributed by atoms with van der Waals surface area (Å²) < 4.78 is 2.13. The van der Waals surface area contributed by atoms with E-state index in [-0.39, 0.29) is 0 Å². The molecule has 0 aliphatic heterocycles. The summed E-state index contributed by atoms with van der Waals surface area (Å²) in [6.07, 6.45) is 0.867. The van der Waals surface area contributed by atoms with Gasteiger partial charge in [0.1, 0.15) is 5.82 Å². The number of aromatic nitrogens is 3. The van der Waals surface area contributed by atoms with Crippen molar-refractivity contribution in [2.45, 2.75) is 25.8 Å². The van der Waals surface area contributed by atoms with Crippen molar-refractivity contribution in [3.63, 3.8) is 0 Å². The third-order valence-corrected chi connectivity index (χ3v) is 4.46. The Labute approximate surface area is 131 Å². The first-order valence-electron chi connectivity index (χ1n) is 6.29. The van der Waals surface area contributed by atoms with Gasteiger partial charge in [-0.1, -0.05) is 11.6 Å². The average molecular weight is 326 g/mol. The van der Waals surface area contributed by atoms with Crippen LogP contribution < -0.4 is 0 Å². The van der Waals surface area contributed by atoms with Crippen LogP contribution in [0.1, 0.15) is 16.5 Å². The van der Waals surface area contributed by atoms with Gasteiger partial charge in [0.2, 0.25) is 0 Å². The van der Waals surface area contributed by atoms with Crippen molar-refractivity contribution in [3.05, 3.63) is 45.1 Å². The Kier molecular flexibility index (Phi) is 3.96. The summed E-state index contributed by atoms with van der Waals surface area (Å²) >= 11 is 13.8. The lowest BCUT2D eigenvalue weighted by atomic mass is 10.3. The summed E-state index contributed by atoms with van der Waals surface area (Å²) in [5.41, 5.74) is 3.07. The van der Waals surface area contributed by atoms with Crippen molar-refractivity contribution in [2.24, 2.45) is 0 Å². The van der Waals surface area contributed by atoms with Crippen molar-refractivity contribution < 1.29 is 0 Å². The lowest BCUT2D eigenvalue weighted by Gasteiger charge is -2.06. The number of hydrogen-bond acceptors (Lipinski definition) is 3. The SMILES string of the molecule is Cc1nc(CCn2c(CCl)nc3ccc(Cl)cc32)cs1. The van der Waals surface area contributed by atoms with Gasteiger partial charge in [-0.05, 0) is 25.1 Å². The van der Waals surface area contributed by atoms with Crippen LogP contribution in [0.5, 0.6) is 0 Å². The van der Waals surface area contributed by atoms with Gasteiger partial charge < -0.3 is 4.57 Å². The maximum absolute atomic E-state index is 6.08. The zero-order valence-corrected chi connectivity index (χ0v) is 13.3. The van der Waals surface area contributed by atoms with Crippen LogP contribution in [0.25, 0.3) is 11.0 Å². The Morgan fingerprint density at radius 2 is 2.15 bits per heavy atom. The number of alkyl halides is 1. The molecule has 2 aromatic heterocycles. The van der Waals surface area contributed by atoms with Crippen LogP contribution in [0, 0.1) is 6.92 Å².